The van der Waals surface area contributed by atoms with Gasteiger partial charge in [0.2, 0.25) is 10.0 Å². The average Bonchev–Trinajstić information content (AvgIpc) is 3.01. The van der Waals surface area contributed by atoms with Crippen LogP contribution in [-0.2, 0) is 28.0 Å². The molecule has 4 aromatic rings. The van der Waals surface area contributed by atoms with E-state index in [2.05, 4.69) is 10.5 Å². The number of carbonyl (C=O) groups excluding carboxylic acids is 1. The van der Waals surface area contributed by atoms with Crippen molar-refractivity contribution in [2.75, 3.05) is 20.8 Å². The molecule has 0 radical (unpaired) electrons. The molecule has 0 heterocycles. The van der Waals surface area contributed by atoms with Crippen molar-refractivity contribution in [3.05, 3.63) is 119 Å². The maximum atomic E-state index is 13.7. The Morgan fingerprint density at radius 3 is 2.14 bits per heavy atom. The van der Waals surface area contributed by atoms with Gasteiger partial charge >= 0.3 is 0 Å². The second-order valence-corrected chi connectivity index (χ2v) is 11.3. The van der Waals surface area contributed by atoms with Gasteiger partial charge in [0.05, 0.1) is 27.0 Å². The van der Waals surface area contributed by atoms with Crippen LogP contribution in [0.15, 0.2) is 107 Å². The minimum atomic E-state index is -4.11. The van der Waals surface area contributed by atoms with Crippen molar-refractivity contribution in [2.24, 2.45) is 5.10 Å². The number of nitrogens with one attached hydrogen (secondary N) is 1. The van der Waals surface area contributed by atoms with Gasteiger partial charge in [-0.25, -0.2) is 13.8 Å². The topological polar surface area (TPSA) is 107 Å². The number of methoxy groups -OCH3 is 2. The highest BCUT2D eigenvalue weighted by Crippen LogP contribution is 2.29. The number of aryl methyl sites for hydroxylation is 1. The van der Waals surface area contributed by atoms with Crippen LogP contribution in [-0.4, -0.2) is 45.6 Å². The van der Waals surface area contributed by atoms with Crippen molar-refractivity contribution >= 4 is 22.1 Å². The van der Waals surface area contributed by atoms with Crippen LogP contribution in [0.3, 0.4) is 0 Å². The highest BCUT2D eigenvalue weighted by Gasteiger charge is 2.30. The molecule has 42 heavy (non-hydrogen) atoms. The SMILES string of the molecule is COc1cc(/C=N/NC(=O)CN(Cc2ccccc2)S(=O)(=O)c2cc(C)ccc2OC)ccc1OCc1ccccc1. The van der Waals surface area contributed by atoms with Crippen LogP contribution in [0, 0.1) is 6.92 Å². The fourth-order valence-electron chi connectivity index (χ4n) is 4.13. The highest BCUT2D eigenvalue weighted by molar-refractivity contribution is 7.89. The Kier molecular flexibility index (Phi) is 10.3. The zero-order valence-corrected chi connectivity index (χ0v) is 24.5. The van der Waals surface area contributed by atoms with Gasteiger partial charge in [0.15, 0.2) is 11.5 Å². The first-order valence-electron chi connectivity index (χ1n) is 13.2. The third-order valence-electron chi connectivity index (χ3n) is 6.29. The number of rotatable bonds is 13. The Bertz CT molecular complexity index is 1630. The predicted molar refractivity (Wildman–Crippen MR) is 161 cm³/mol. The molecule has 0 atom stereocenters. The van der Waals surface area contributed by atoms with E-state index < -0.39 is 22.5 Å². The van der Waals surface area contributed by atoms with Gasteiger partial charge in [0, 0.05) is 6.54 Å². The maximum absolute atomic E-state index is 13.7. The molecule has 0 fully saturated rings. The van der Waals surface area contributed by atoms with E-state index in [-0.39, 0.29) is 17.2 Å². The van der Waals surface area contributed by atoms with E-state index in [1.54, 1.807) is 56.5 Å². The maximum Gasteiger partial charge on any atom is 0.255 e. The van der Waals surface area contributed by atoms with E-state index in [0.717, 1.165) is 21.0 Å². The van der Waals surface area contributed by atoms with E-state index in [1.165, 1.54) is 19.4 Å². The first-order chi connectivity index (χ1) is 20.3. The molecule has 0 saturated heterocycles. The highest BCUT2D eigenvalue weighted by atomic mass is 32.2. The Hall–Kier alpha value is -4.67. The van der Waals surface area contributed by atoms with Crippen molar-refractivity contribution in [1.29, 1.82) is 0 Å². The lowest BCUT2D eigenvalue weighted by Crippen LogP contribution is -2.39. The summed E-state index contributed by atoms with van der Waals surface area (Å²) >= 11 is 0. The summed E-state index contributed by atoms with van der Waals surface area (Å²) in [6, 6.07) is 29.0. The largest absolute Gasteiger partial charge is 0.495 e. The molecule has 9 nitrogen and oxygen atoms in total. The summed E-state index contributed by atoms with van der Waals surface area (Å²) in [5, 5.41) is 4.04. The van der Waals surface area contributed by atoms with Gasteiger partial charge in [-0.2, -0.15) is 9.41 Å². The van der Waals surface area contributed by atoms with E-state index in [0.29, 0.717) is 23.7 Å². The molecule has 0 aromatic heterocycles. The molecule has 1 amide bonds. The molecule has 0 aliphatic heterocycles. The van der Waals surface area contributed by atoms with Crippen LogP contribution in [0.1, 0.15) is 22.3 Å². The molecule has 0 aliphatic carbocycles. The standard InChI is InChI=1S/C32H33N3O6S/c1-24-14-16-29(39-2)31(18-24)42(37,38)35(21-25-10-6-4-7-11-25)22-32(36)34-33-20-27-15-17-28(30(19-27)40-3)41-23-26-12-8-5-9-13-26/h4-20H,21-23H2,1-3H3,(H,34,36)/b33-20+. The summed E-state index contributed by atoms with van der Waals surface area (Å²) in [7, 11) is -1.16. The summed E-state index contributed by atoms with van der Waals surface area (Å²) in [4.78, 5) is 12.9. The van der Waals surface area contributed by atoms with E-state index in [9.17, 15) is 13.2 Å². The molecule has 218 valence electrons. The number of hydrogen-bond acceptors (Lipinski definition) is 7. The Morgan fingerprint density at radius 1 is 0.833 bits per heavy atom. The molecule has 0 aliphatic rings. The first-order valence-corrected chi connectivity index (χ1v) is 14.6. The summed E-state index contributed by atoms with van der Waals surface area (Å²) in [5.41, 5.74) is 5.58. The zero-order valence-electron chi connectivity index (χ0n) is 23.7. The third kappa shape index (κ3) is 7.96. The number of hydrazone groups is 1. The summed E-state index contributed by atoms with van der Waals surface area (Å²) in [6.45, 7) is 1.70. The van der Waals surface area contributed by atoms with Crippen LogP contribution in [0.25, 0.3) is 0 Å². The smallest absolute Gasteiger partial charge is 0.255 e. The number of sulfonamides is 1. The lowest BCUT2D eigenvalue weighted by atomic mass is 10.2. The van der Waals surface area contributed by atoms with Gasteiger partial charge in [-0.1, -0.05) is 66.7 Å². The minimum Gasteiger partial charge on any atom is -0.495 e. The Morgan fingerprint density at radius 2 is 1.48 bits per heavy atom. The predicted octanol–water partition coefficient (Wildman–Crippen LogP) is 4.93. The van der Waals surface area contributed by atoms with Crippen molar-refractivity contribution in [2.45, 2.75) is 25.0 Å². The van der Waals surface area contributed by atoms with Gasteiger partial charge in [0.1, 0.15) is 17.3 Å². The molecule has 0 saturated carbocycles. The van der Waals surface area contributed by atoms with Crippen molar-refractivity contribution in [3.63, 3.8) is 0 Å². The van der Waals surface area contributed by atoms with Crippen molar-refractivity contribution in [1.82, 2.24) is 9.73 Å². The molecule has 4 aromatic carbocycles. The fourth-order valence-corrected chi connectivity index (χ4v) is 5.76. The van der Waals surface area contributed by atoms with Gasteiger partial charge in [-0.15, -0.1) is 0 Å². The number of benzene rings is 4. The van der Waals surface area contributed by atoms with Gasteiger partial charge in [-0.3, -0.25) is 4.79 Å². The number of carbonyl (C=O) groups is 1. The number of nitrogens with zero attached hydrogens (tertiary/aromatic N) is 2. The quantitative estimate of drug-likeness (QED) is 0.176. The zero-order chi connectivity index (χ0) is 30.0. The van der Waals surface area contributed by atoms with Crippen LogP contribution in [0.2, 0.25) is 0 Å². The van der Waals surface area contributed by atoms with Gasteiger partial charge < -0.3 is 14.2 Å². The molecule has 4 rings (SSSR count). The summed E-state index contributed by atoms with van der Waals surface area (Å²) in [5.74, 6) is 0.665. The lowest BCUT2D eigenvalue weighted by molar-refractivity contribution is -0.121. The van der Waals surface area contributed by atoms with Crippen LogP contribution < -0.4 is 19.6 Å². The lowest BCUT2D eigenvalue weighted by Gasteiger charge is -2.23. The second-order valence-electron chi connectivity index (χ2n) is 9.39. The van der Waals surface area contributed by atoms with Crippen LogP contribution in [0.5, 0.6) is 17.2 Å². The number of amides is 1. The van der Waals surface area contributed by atoms with E-state index in [4.69, 9.17) is 14.2 Å². The molecule has 0 spiro atoms. The van der Waals surface area contributed by atoms with Crippen LogP contribution in [0.4, 0.5) is 0 Å². The number of ether oxygens (including phenoxy) is 3. The van der Waals surface area contributed by atoms with E-state index >= 15 is 0 Å². The molecule has 10 heteroatoms. The molecule has 1 N–H and O–H groups in total. The minimum absolute atomic E-state index is 0.0148. The fraction of sp³-hybridized carbons (Fsp3) is 0.188. The first kappa shape index (κ1) is 30.3. The van der Waals surface area contributed by atoms with Gasteiger partial charge in [-0.05, 0) is 59.5 Å². The van der Waals surface area contributed by atoms with Crippen molar-refractivity contribution < 1.29 is 27.4 Å². The van der Waals surface area contributed by atoms with Crippen LogP contribution >= 0.6 is 0 Å². The Balaban J connectivity index is 1.47. The third-order valence-corrected chi connectivity index (χ3v) is 8.10. The summed E-state index contributed by atoms with van der Waals surface area (Å²) < 4.78 is 45.3. The molecular formula is C32H33N3O6S. The average molecular weight is 588 g/mol. The molecular weight excluding hydrogens is 554 g/mol. The monoisotopic (exact) mass is 587 g/mol. The summed E-state index contributed by atoms with van der Waals surface area (Å²) in [6.07, 6.45) is 1.45. The normalized spacial score (nSPS) is 11.4. The van der Waals surface area contributed by atoms with Crippen molar-refractivity contribution in [3.8, 4) is 17.2 Å². The van der Waals surface area contributed by atoms with E-state index in [1.807, 2.05) is 48.5 Å². The van der Waals surface area contributed by atoms with Gasteiger partial charge in [0.25, 0.3) is 5.91 Å². The second kappa shape index (κ2) is 14.3. The molecule has 0 bridgehead atoms. The Labute approximate surface area is 246 Å². The molecule has 0 unspecified atom stereocenters. The number of hydrogen-bond donors (Lipinski definition) is 1.